The molecule has 1 aromatic carbocycles. The van der Waals surface area contributed by atoms with Gasteiger partial charge in [-0.2, -0.15) is 0 Å². The summed E-state index contributed by atoms with van der Waals surface area (Å²) in [5, 5.41) is 10.9. The smallest absolute Gasteiger partial charge is 0.193 e. The predicted molar refractivity (Wildman–Crippen MR) is 114 cm³/mol. The van der Waals surface area contributed by atoms with E-state index in [4.69, 9.17) is 4.43 Å². The molecule has 0 spiro atoms. The fourth-order valence-electron chi connectivity index (χ4n) is 3.67. The van der Waals surface area contributed by atoms with E-state index in [-0.39, 0.29) is 22.8 Å². The fourth-order valence-corrected chi connectivity index (χ4v) is 4.97. The van der Waals surface area contributed by atoms with Crippen LogP contribution in [0.5, 0.6) is 0 Å². The van der Waals surface area contributed by atoms with Crippen LogP contribution in [0.15, 0.2) is 30.3 Å². The van der Waals surface area contributed by atoms with Gasteiger partial charge < -0.3 is 9.53 Å². The van der Waals surface area contributed by atoms with Crippen LogP contribution in [-0.4, -0.2) is 25.3 Å². The molecule has 0 amide bonds. The molecular weight excluding hydrogens is 352 g/mol. The molecule has 4 heteroatoms. The molecule has 0 radical (unpaired) electrons. The maximum Gasteiger partial charge on any atom is 0.193 e. The molecule has 1 fully saturated rings. The number of aliphatic hydroxyl groups is 1. The molecule has 0 heterocycles. The average Bonchev–Trinajstić information content (AvgIpc) is 2.65. The molecule has 0 saturated heterocycles. The van der Waals surface area contributed by atoms with Crippen molar-refractivity contribution in [1.29, 1.82) is 0 Å². The van der Waals surface area contributed by atoms with Crippen LogP contribution >= 0.6 is 0 Å². The van der Waals surface area contributed by atoms with Gasteiger partial charge in [0, 0.05) is 5.92 Å². The molecule has 27 heavy (non-hydrogen) atoms. The van der Waals surface area contributed by atoms with Gasteiger partial charge in [0.05, 0.1) is 6.10 Å². The first-order valence-electron chi connectivity index (χ1n) is 10.5. The number of hydrogen-bond donors (Lipinski definition) is 1. The van der Waals surface area contributed by atoms with E-state index in [1.54, 1.807) is 0 Å². The Morgan fingerprint density at radius 3 is 2.19 bits per heavy atom. The van der Waals surface area contributed by atoms with Crippen LogP contribution in [-0.2, 0) is 9.22 Å². The second-order valence-electron chi connectivity index (χ2n) is 9.74. The van der Waals surface area contributed by atoms with Crippen molar-refractivity contribution in [3.63, 3.8) is 0 Å². The van der Waals surface area contributed by atoms with Crippen molar-refractivity contribution in [3.8, 4) is 0 Å². The van der Waals surface area contributed by atoms with Crippen molar-refractivity contribution in [2.75, 3.05) is 0 Å². The number of hydrogen-bond acceptors (Lipinski definition) is 3. The highest BCUT2D eigenvalue weighted by molar-refractivity contribution is 6.74. The summed E-state index contributed by atoms with van der Waals surface area (Å²) >= 11 is 0. The standard InChI is InChI=1S/C23H38O3Si/c1-17(20(24)18-13-9-7-10-14-18)21(25)22(19-15-11-8-12-16-19)26-27(5,6)23(2,3)4/h7,9-10,13-14,17,19-20,22,24H,8,11-12,15-16H2,1-6H3/t17-,20-,22+/m1/s1. The Morgan fingerprint density at radius 1 is 1.11 bits per heavy atom. The quantitative estimate of drug-likeness (QED) is 0.590. The molecule has 1 aliphatic carbocycles. The molecule has 0 bridgehead atoms. The number of Topliss-reactive ketones (excluding diaryl/α,β-unsaturated/α-hetero) is 1. The lowest BCUT2D eigenvalue weighted by Crippen LogP contribution is -2.50. The van der Waals surface area contributed by atoms with E-state index in [9.17, 15) is 9.90 Å². The maximum absolute atomic E-state index is 13.5. The first-order chi connectivity index (χ1) is 12.5. The van der Waals surface area contributed by atoms with Gasteiger partial charge in [0.1, 0.15) is 6.10 Å². The third-order valence-corrected chi connectivity index (χ3v) is 11.1. The Labute approximate surface area is 166 Å². The zero-order valence-electron chi connectivity index (χ0n) is 18.0. The van der Waals surface area contributed by atoms with Gasteiger partial charge in [-0.25, -0.2) is 0 Å². The first kappa shape index (κ1) is 22.3. The van der Waals surface area contributed by atoms with Crippen molar-refractivity contribution in [2.45, 2.75) is 90.1 Å². The Balaban J connectivity index is 2.24. The van der Waals surface area contributed by atoms with Crippen LogP contribution < -0.4 is 0 Å². The Kier molecular flexibility index (Phi) is 7.45. The summed E-state index contributed by atoms with van der Waals surface area (Å²) in [4.78, 5) is 13.5. The maximum atomic E-state index is 13.5. The molecule has 1 aliphatic rings. The summed E-state index contributed by atoms with van der Waals surface area (Å²) in [6.45, 7) is 12.9. The molecule has 0 aromatic heterocycles. The van der Waals surface area contributed by atoms with Crippen LogP contribution in [0.4, 0.5) is 0 Å². The molecule has 1 saturated carbocycles. The van der Waals surface area contributed by atoms with Crippen LogP contribution in [0, 0.1) is 11.8 Å². The molecule has 0 unspecified atom stereocenters. The van der Waals surface area contributed by atoms with E-state index in [0.717, 1.165) is 18.4 Å². The van der Waals surface area contributed by atoms with Crippen LogP contribution in [0.25, 0.3) is 0 Å². The van der Waals surface area contributed by atoms with Crippen LogP contribution in [0.2, 0.25) is 18.1 Å². The highest BCUT2D eigenvalue weighted by Crippen LogP contribution is 2.41. The molecule has 2 rings (SSSR count). The highest BCUT2D eigenvalue weighted by atomic mass is 28.4. The second-order valence-corrected chi connectivity index (χ2v) is 14.5. The molecule has 152 valence electrons. The number of benzene rings is 1. The third-order valence-electron chi connectivity index (χ3n) is 6.65. The minimum absolute atomic E-state index is 0.0570. The van der Waals surface area contributed by atoms with Gasteiger partial charge in [0.2, 0.25) is 0 Å². The monoisotopic (exact) mass is 390 g/mol. The van der Waals surface area contributed by atoms with E-state index >= 15 is 0 Å². The van der Waals surface area contributed by atoms with Crippen molar-refractivity contribution < 1.29 is 14.3 Å². The van der Waals surface area contributed by atoms with E-state index in [1.165, 1.54) is 19.3 Å². The first-order valence-corrected chi connectivity index (χ1v) is 13.4. The summed E-state index contributed by atoms with van der Waals surface area (Å²) in [5.74, 6) is -0.113. The SMILES string of the molecule is C[C@@H](C(=O)[C@@H](O[Si](C)(C)C(C)(C)C)C1CCCCC1)[C@@H](O)c1ccccc1. The van der Waals surface area contributed by atoms with Gasteiger partial charge in [0.15, 0.2) is 14.1 Å². The zero-order chi connectivity index (χ0) is 20.2. The topological polar surface area (TPSA) is 46.5 Å². The second kappa shape index (κ2) is 9.02. The molecule has 1 N–H and O–H groups in total. The molecule has 3 atom stereocenters. The van der Waals surface area contributed by atoms with E-state index < -0.39 is 20.3 Å². The van der Waals surface area contributed by atoms with Crippen molar-refractivity contribution in [3.05, 3.63) is 35.9 Å². The van der Waals surface area contributed by atoms with Crippen LogP contribution in [0.3, 0.4) is 0 Å². The number of rotatable bonds is 7. The minimum atomic E-state index is -2.08. The third kappa shape index (κ3) is 5.52. The average molecular weight is 391 g/mol. The van der Waals surface area contributed by atoms with Gasteiger partial charge in [-0.05, 0) is 42.5 Å². The van der Waals surface area contributed by atoms with Gasteiger partial charge in [0.25, 0.3) is 0 Å². The zero-order valence-corrected chi connectivity index (χ0v) is 19.0. The summed E-state index contributed by atoms with van der Waals surface area (Å²) in [6, 6.07) is 9.51. The number of aliphatic hydroxyl groups excluding tert-OH is 1. The molecule has 3 nitrogen and oxygen atoms in total. The van der Waals surface area contributed by atoms with Crippen molar-refractivity contribution in [1.82, 2.24) is 0 Å². The van der Waals surface area contributed by atoms with Gasteiger partial charge in [-0.3, -0.25) is 4.79 Å². The number of carbonyl (C=O) groups excluding carboxylic acids is 1. The van der Waals surface area contributed by atoms with E-state index in [2.05, 4.69) is 33.9 Å². The van der Waals surface area contributed by atoms with Gasteiger partial charge >= 0.3 is 0 Å². The lowest BCUT2D eigenvalue weighted by molar-refractivity contribution is -0.136. The Hall–Kier alpha value is -0.973. The molecule has 0 aliphatic heterocycles. The lowest BCUT2D eigenvalue weighted by Gasteiger charge is -2.42. The number of ketones is 1. The fraction of sp³-hybridized carbons (Fsp3) is 0.696. The Bertz CT molecular complexity index is 600. The van der Waals surface area contributed by atoms with Gasteiger partial charge in [-0.15, -0.1) is 0 Å². The predicted octanol–water partition coefficient (Wildman–Crippen LogP) is 5.90. The van der Waals surface area contributed by atoms with E-state index in [1.807, 2.05) is 37.3 Å². The normalized spacial score (nSPS) is 20.1. The molecule has 1 aromatic rings. The summed E-state index contributed by atoms with van der Waals surface area (Å²) in [7, 11) is -2.08. The summed E-state index contributed by atoms with van der Waals surface area (Å²) < 4.78 is 6.69. The highest BCUT2D eigenvalue weighted by Gasteiger charge is 2.44. The van der Waals surface area contributed by atoms with Crippen molar-refractivity contribution >= 4 is 14.1 Å². The van der Waals surface area contributed by atoms with E-state index in [0.29, 0.717) is 0 Å². The summed E-state index contributed by atoms with van der Waals surface area (Å²) in [5.41, 5.74) is 0.799. The number of carbonyl (C=O) groups is 1. The van der Waals surface area contributed by atoms with Crippen molar-refractivity contribution in [2.24, 2.45) is 11.8 Å². The lowest BCUT2D eigenvalue weighted by atomic mass is 9.80. The Morgan fingerprint density at radius 2 is 1.67 bits per heavy atom. The summed E-state index contributed by atoms with van der Waals surface area (Å²) in [6.07, 6.45) is 4.53. The van der Waals surface area contributed by atoms with Crippen LogP contribution in [0.1, 0.15) is 71.5 Å². The molecular formula is C23H38O3Si. The minimum Gasteiger partial charge on any atom is -0.407 e. The largest absolute Gasteiger partial charge is 0.407 e. The van der Waals surface area contributed by atoms with Gasteiger partial charge in [-0.1, -0.05) is 77.3 Å².